The Morgan fingerprint density at radius 3 is 2.05 bits per heavy atom. The normalized spacial score (nSPS) is 11.2. The van der Waals surface area contributed by atoms with Gasteiger partial charge < -0.3 is 22.5 Å². The molecule has 22 heavy (non-hydrogen) atoms. The summed E-state index contributed by atoms with van der Waals surface area (Å²) in [7, 11) is 0. The van der Waals surface area contributed by atoms with Crippen molar-refractivity contribution in [2.75, 3.05) is 22.5 Å². The zero-order valence-electron chi connectivity index (χ0n) is 11.2. The molecule has 0 saturated heterocycles. The van der Waals surface area contributed by atoms with Gasteiger partial charge in [0.1, 0.15) is 0 Å². The molecule has 0 aliphatic rings. The van der Waals surface area contributed by atoms with Crippen LogP contribution >= 0.6 is 0 Å². The van der Waals surface area contributed by atoms with Crippen molar-refractivity contribution >= 4 is 28.7 Å². The van der Waals surface area contributed by atoms with Gasteiger partial charge in [-0.3, -0.25) is 4.79 Å². The van der Waals surface area contributed by atoms with E-state index in [1.165, 1.54) is 24.3 Å². The molecule has 0 heterocycles. The van der Waals surface area contributed by atoms with Crippen molar-refractivity contribution in [3.05, 3.63) is 47.5 Å². The van der Waals surface area contributed by atoms with Crippen LogP contribution in [0.1, 0.15) is 15.9 Å². The second-order valence-corrected chi connectivity index (χ2v) is 4.65. The van der Waals surface area contributed by atoms with E-state index in [0.29, 0.717) is 0 Å². The number of nitrogen functional groups attached to an aromatic ring is 3. The highest BCUT2D eigenvalue weighted by molar-refractivity contribution is 6.05. The molecule has 7 N–H and O–H groups in total. The molecule has 5 nitrogen and oxygen atoms in total. The van der Waals surface area contributed by atoms with Crippen LogP contribution in [-0.2, 0) is 6.18 Å². The third kappa shape index (κ3) is 3.40. The van der Waals surface area contributed by atoms with Gasteiger partial charge >= 0.3 is 6.18 Å². The van der Waals surface area contributed by atoms with Crippen LogP contribution in [0, 0.1) is 0 Å². The van der Waals surface area contributed by atoms with Crippen LogP contribution < -0.4 is 22.5 Å². The highest BCUT2D eigenvalue weighted by atomic mass is 19.4. The van der Waals surface area contributed by atoms with Crippen molar-refractivity contribution in [1.29, 1.82) is 0 Å². The number of nitrogens with one attached hydrogen (secondary N) is 1. The lowest BCUT2D eigenvalue weighted by Crippen LogP contribution is -2.17. The third-order valence-electron chi connectivity index (χ3n) is 2.84. The Balaban J connectivity index is 2.36. The number of benzene rings is 2. The van der Waals surface area contributed by atoms with E-state index in [0.717, 1.165) is 12.1 Å². The zero-order valence-corrected chi connectivity index (χ0v) is 11.2. The van der Waals surface area contributed by atoms with E-state index >= 15 is 0 Å². The Labute approximate surface area is 123 Å². The van der Waals surface area contributed by atoms with Crippen LogP contribution in [0.15, 0.2) is 36.4 Å². The summed E-state index contributed by atoms with van der Waals surface area (Å²) >= 11 is 0. The first-order chi connectivity index (χ1) is 10.2. The van der Waals surface area contributed by atoms with E-state index in [4.69, 9.17) is 17.2 Å². The number of carbonyl (C=O) groups excluding carboxylic acids is 1. The fourth-order valence-electron chi connectivity index (χ4n) is 1.91. The highest BCUT2D eigenvalue weighted by Crippen LogP contribution is 2.36. The quantitative estimate of drug-likeness (QED) is 0.640. The molecule has 8 heteroatoms. The SMILES string of the molecule is Nc1cc(N)cc(C(=O)Nc2ccc(N)cc2C(F)(F)F)c1. The fourth-order valence-corrected chi connectivity index (χ4v) is 1.91. The smallest absolute Gasteiger partial charge is 0.399 e. The maximum Gasteiger partial charge on any atom is 0.418 e. The summed E-state index contributed by atoms with van der Waals surface area (Å²) in [5.74, 6) is -0.755. The first-order valence-corrected chi connectivity index (χ1v) is 6.11. The average molecular weight is 310 g/mol. The van der Waals surface area contributed by atoms with Gasteiger partial charge in [0.2, 0.25) is 0 Å². The Morgan fingerprint density at radius 1 is 0.909 bits per heavy atom. The number of halogens is 3. The molecular weight excluding hydrogens is 297 g/mol. The summed E-state index contributed by atoms with van der Waals surface area (Å²) < 4.78 is 38.9. The molecule has 0 aliphatic carbocycles. The van der Waals surface area contributed by atoms with Gasteiger partial charge in [-0.25, -0.2) is 0 Å². The van der Waals surface area contributed by atoms with E-state index in [-0.39, 0.29) is 22.6 Å². The number of anilines is 4. The van der Waals surface area contributed by atoms with Gasteiger partial charge in [0, 0.05) is 22.6 Å². The molecule has 1 amide bonds. The number of amides is 1. The molecule has 0 unspecified atom stereocenters. The first kappa shape index (κ1) is 15.5. The molecule has 2 rings (SSSR count). The van der Waals surface area contributed by atoms with Crippen LogP contribution in [-0.4, -0.2) is 5.91 Å². The van der Waals surface area contributed by atoms with E-state index < -0.39 is 23.3 Å². The van der Waals surface area contributed by atoms with Crippen molar-refractivity contribution in [3.63, 3.8) is 0 Å². The van der Waals surface area contributed by atoms with Gasteiger partial charge in [0.15, 0.2) is 0 Å². The molecule has 2 aromatic rings. The van der Waals surface area contributed by atoms with Crippen LogP contribution in [0.3, 0.4) is 0 Å². The molecule has 0 atom stereocenters. The summed E-state index contributed by atoms with van der Waals surface area (Å²) in [5, 5.41) is 2.19. The molecule has 0 fully saturated rings. The molecule has 0 saturated carbocycles. The van der Waals surface area contributed by atoms with Crippen LogP contribution in [0.5, 0.6) is 0 Å². The summed E-state index contributed by atoms with van der Waals surface area (Å²) in [5.41, 5.74) is 15.5. The number of nitrogens with two attached hydrogens (primary N) is 3. The van der Waals surface area contributed by atoms with Crippen molar-refractivity contribution in [2.45, 2.75) is 6.18 Å². The second kappa shape index (κ2) is 5.47. The van der Waals surface area contributed by atoms with Gasteiger partial charge in [-0.2, -0.15) is 13.2 Å². The van der Waals surface area contributed by atoms with Crippen molar-refractivity contribution < 1.29 is 18.0 Å². The monoisotopic (exact) mass is 310 g/mol. The molecular formula is C14H13F3N4O. The minimum Gasteiger partial charge on any atom is -0.399 e. The van der Waals surface area contributed by atoms with E-state index in [1.807, 2.05) is 0 Å². The molecule has 0 bridgehead atoms. The fraction of sp³-hybridized carbons (Fsp3) is 0.0714. The van der Waals surface area contributed by atoms with Crippen LogP contribution in [0.4, 0.5) is 35.9 Å². The van der Waals surface area contributed by atoms with E-state index in [2.05, 4.69) is 5.32 Å². The number of hydrogen-bond donors (Lipinski definition) is 4. The Bertz CT molecular complexity index is 708. The molecule has 2 aromatic carbocycles. The van der Waals surface area contributed by atoms with Crippen molar-refractivity contribution in [2.24, 2.45) is 0 Å². The Kier molecular flexibility index (Phi) is 3.85. The number of rotatable bonds is 2. The summed E-state index contributed by atoms with van der Waals surface area (Å²) in [6.07, 6.45) is -4.65. The van der Waals surface area contributed by atoms with Gasteiger partial charge in [-0.1, -0.05) is 0 Å². The molecule has 0 aromatic heterocycles. The average Bonchev–Trinajstić information content (AvgIpc) is 2.38. The van der Waals surface area contributed by atoms with E-state index in [9.17, 15) is 18.0 Å². The van der Waals surface area contributed by atoms with Crippen molar-refractivity contribution in [3.8, 4) is 0 Å². The summed E-state index contributed by atoms with van der Waals surface area (Å²) in [6.45, 7) is 0. The Morgan fingerprint density at radius 2 is 1.50 bits per heavy atom. The number of hydrogen-bond acceptors (Lipinski definition) is 4. The predicted molar refractivity (Wildman–Crippen MR) is 79.1 cm³/mol. The minimum atomic E-state index is -4.65. The van der Waals surface area contributed by atoms with Crippen LogP contribution in [0.2, 0.25) is 0 Å². The van der Waals surface area contributed by atoms with Gasteiger partial charge in [-0.05, 0) is 36.4 Å². The maximum atomic E-state index is 13.0. The highest BCUT2D eigenvalue weighted by Gasteiger charge is 2.34. The lowest BCUT2D eigenvalue weighted by Gasteiger charge is -2.14. The van der Waals surface area contributed by atoms with Crippen LogP contribution in [0.25, 0.3) is 0 Å². The zero-order chi connectivity index (χ0) is 16.5. The van der Waals surface area contributed by atoms with Gasteiger partial charge in [-0.15, -0.1) is 0 Å². The molecule has 0 aliphatic heterocycles. The summed E-state index contributed by atoms with van der Waals surface area (Å²) in [4.78, 5) is 12.1. The van der Waals surface area contributed by atoms with Gasteiger partial charge in [0.25, 0.3) is 5.91 Å². The topological polar surface area (TPSA) is 107 Å². The van der Waals surface area contributed by atoms with E-state index in [1.54, 1.807) is 0 Å². The lowest BCUT2D eigenvalue weighted by atomic mass is 10.1. The third-order valence-corrected chi connectivity index (χ3v) is 2.84. The largest absolute Gasteiger partial charge is 0.418 e. The van der Waals surface area contributed by atoms with Crippen molar-refractivity contribution in [1.82, 2.24) is 0 Å². The standard InChI is InChI=1S/C14H13F3N4O/c15-14(16,17)11-6-8(18)1-2-12(11)21-13(22)7-3-9(19)5-10(20)4-7/h1-6H,18-20H2,(H,21,22). The first-order valence-electron chi connectivity index (χ1n) is 6.11. The molecule has 116 valence electrons. The number of alkyl halides is 3. The molecule has 0 radical (unpaired) electrons. The predicted octanol–water partition coefficient (Wildman–Crippen LogP) is 2.70. The molecule has 0 spiro atoms. The Hall–Kier alpha value is -2.90. The second-order valence-electron chi connectivity index (χ2n) is 4.65. The van der Waals surface area contributed by atoms with Gasteiger partial charge in [0.05, 0.1) is 11.3 Å². The number of carbonyl (C=O) groups is 1. The summed E-state index contributed by atoms with van der Waals surface area (Å²) in [6, 6.07) is 7.17. The maximum absolute atomic E-state index is 13.0. The minimum absolute atomic E-state index is 0.0569. The lowest BCUT2D eigenvalue weighted by molar-refractivity contribution is -0.136.